The Morgan fingerprint density at radius 1 is 1.14 bits per heavy atom. The molecule has 3 rings (SSSR count). The highest BCUT2D eigenvalue weighted by atomic mass is 35.5. The number of aromatic nitrogens is 1. The number of halogens is 3. The zero-order chi connectivity index (χ0) is 21.1. The lowest BCUT2D eigenvalue weighted by Crippen LogP contribution is -2.29. The number of rotatable bonds is 5. The molecule has 0 aliphatic carbocycles. The van der Waals surface area contributed by atoms with Crippen molar-refractivity contribution in [2.24, 2.45) is 0 Å². The van der Waals surface area contributed by atoms with E-state index in [4.69, 9.17) is 11.6 Å². The summed E-state index contributed by atoms with van der Waals surface area (Å²) >= 11 is 5.97. The number of pyridine rings is 1. The van der Waals surface area contributed by atoms with Crippen molar-refractivity contribution in [3.05, 3.63) is 103 Å². The Morgan fingerprint density at radius 3 is 2.59 bits per heavy atom. The van der Waals surface area contributed by atoms with Gasteiger partial charge in [-0.05, 0) is 36.4 Å². The molecule has 1 aromatic heterocycles. The van der Waals surface area contributed by atoms with E-state index in [-0.39, 0.29) is 28.4 Å². The topological polar surface area (TPSA) is 94.2 Å². The summed E-state index contributed by atoms with van der Waals surface area (Å²) in [7, 11) is 0. The Kier molecular flexibility index (Phi) is 5.69. The molecular formula is C19H12ClF2N3O4. The number of amides is 1. The van der Waals surface area contributed by atoms with E-state index < -0.39 is 33.7 Å². The Bertz CT molecular complexity index is 1160. The molecular weight excluding hydrogens is 408 g/mol. The monoisotopic (exact) mass is 419 g/mol. The summed E-state index contributed by atoms with van der Waals surface area (Å²) in [4.78, 5) is 35.0. The molecule has 0 saturated carbocycles. The molecule has 10 heteroatoms. The predicted octanol–water partition coefficient (Wildman–Crippen LogP) is 3.99. The molecule has 1 amide bonds. The molecule has 0 aliphatic rings. The zero-order valence-electron chi connectivity index (χ0n) is 14.6. The maximum atomic E-state index is 14.0. The average molecular weight is 420 g/mol. The van der Waals surface area contributed by atoms with Gasteiger partial charge in [0.25, 0.3) is 11.5 Å². The summed E-state index contributed by atoms with van der Waals surface area (Å²) in [5.74, 6) is -2.51. The van der Waals surface area contributed by atoms with Crippen LogP contribution >= 0.6 is 11.6 Å². The Balaban J connectivity index is 1.90. The number of hydrogen-bond donors (Lipinski definition) is 1. The van der Waals surface area contributed by atoms with Crippen LogP contribution in [0.1, 0.15) is 15.9 Å². The second-order valence-electron chi connectivity index (χ2n) is 5.93. The van der Waals surface area contributed by atoms with Gasteiger partial charge in [0, 0.05) is 28.5 Å². The van der Waals surface area contributed by atoms with Crippen LogP contribution < -0.4 is 10.9 Å². The largest absolute Gasteiger partial charge is 0.322 e. The zero-order valence-corrected chi connectivity index (χ0v) is 15.3. The molecule has 1 N–H and O–H groups in total. The van der Waals surface area contributed by atoms with E-state index in [2.05, 4.69) is 5.32 Å². The molecule has 0 radical (unpaired) electrons. The summed E-state index contributed by atoms with van der Waals surface area (Å²) in [6, 6.07) is 9.56. The van der Waals surface area contributed by atoms with Gasteiger partial charge in [0.1, 0.15) is 11.4 Å². The molecule has 148 valence electrons. The minimum Gasteiger partial charge on any atom is -0.322 e. The summed E-state index contributed by atoms with van der Waals surface area (Å²) < 4.78 is 28.5. The third-order valence-electron chi connectivity index (χ3n) is 4.06. The number of carbonyl (C=O) groups is 1. The quantitative estimate of drug-likeness (QED) is 0.499. The normalized spacial score (nSPS) is 10.6. The van der Waals surface area contributed by atoms with E-state index in [0.717, 1.165) is 22.8 Å². The van der Waals surface area contributed by atoms with Crippen molar-refractivity contribution in [1.82, 2.24) is 4.57 Å². The van der Waals surface area contributed by atoms with Crippen LogP contribution in [-0.2, 0) is 6.54 Å². The van der Waals surface area contributed by atoms with Gasteiger partial charge in [0.15, 0.2) is 0 Å². The van der Waals surface area contributed by atoms with Crippen molar-refractivity contribution in [3.8, 4) is 0 Å². The number of nitrogens with zero attached hydrogens (tertiary/aromatic N) is 2. The molecule has 7 nitrogen and oxygen atoms in total. The second-order valence-corrected chi connectivity index (χ2v) is 6.34. The van der Waals surface area contributed by atoms with E-state index in [0.29, 0.717) is 0 Å². The van der Waals surface area contributed by atoms with E-state index in [1.54, 1.807) is 0 Å². The molecule has 29 heavy (non-hydrogen) atoms. The van der Waals surface area contributed by atoms with Crippen LogP contribution in [0.5, 0.6) is 0 Å². The lowest BCUT2D eigenvalue weighted by Gasteiger charge is -2.11. The Hall–Kier alpha value is -3.59. The summed E-state index contributed by atoms with van der Waals surface area (Å²) in [6.07, 6.45) is 1.37. The van der Waals surface area contributed by atoms with E-state index in [1.165, 1.54) is 36.5 Å². The lowest BCUT2D eigenvalue weighted by molar-refractivity contribution is -0.387. The van der Waals surface area contributed by atoms with Gasteiger partial charge in [-0.15, -0.1) is 0 Å². The van der Waals surface area contributed by atoms with Crippen LogP contribution in [0.2, 0.25) is 5.02 Å². The maximum Gasteiger partial charge on any atom is 0.306 e. The summed E-state index contributed by atoms with van der Waals surface area (Å²) in [5, 5.41) is 13.3. The van der Waals surface area contributed by atoms with Crippen molar-refractivity contribution in [1.29, 1.82) is 0 Å². The summed E-state index contributed by atoms with van der Waals surface area (Å²) in [6.45, 7) is -0.201. The molecule has 0 unspecified atom stereocenters. The Morgan fingerprint density at radius 2 is 1.90 bits per heavy atom. The fourth-order valence-corrected chi connectivity index (χ4v) is 2.84. The maximum absolute atomic E-state index is 14.0. The highest BCUT2D eigenvalue weighted by Crippen LogP contribution is 2.22. The van der Waals surface area contributed by atoms with E-state index >= 15 is 0 Å². The van der Waals surface area contributed by atoms with Crippen LogP contribution in [0.15, 0.2) is 59.5 Å². The molecule has 2 aromatic carbocycles. The minimum atomic E-state index is -1.06. The number of carbonyl (C=O) groups excluding carboxylic acids is 1. The average Bonchev–Trinajstić information content (AvgIpc) is 2.67. The van der Waals surface area contributed by atoms with E-state index in [9.17, 15) is 28.5 Å². The molecule has 3 aromatic rings. The first kappa shape index (κ1) is 20.2. The standard InChI is InChI=1S/C19H12ClF2N3O4/c20-14-4-1-5-15(21)13(14)10-24-8-2-3-12(19(24)27)18(26)23-11-6-7-16(22)17(9-11)25(28)29/h1-9H,10H2,(H,23,26). The van der Waals surface area contributed by atoms with Gasteiger partial charge in [-0.2, -0.15) is 4.39 Å². The number of nitrogens with one attached hydrogen (secondary N) is 1. The van der Waals surface area contributed by atoms with Gasteiger partial charge in [0.05, 0.1) is 11.5 Å². The SMILES string of the molecule is O=C(Nc1ccc(F)c([N+](=O)[O-])c1)c1cccn(Cc2c(F)cccc2Cl)c1=O. The van der Waals surface area contributed by atoms with Crippen molar-refractivity contribution in [2.75, 3.05) is 5.32 Å². The van der Waals surface area contributed by atoms with E-state index in [1.807, 2.05) is 0 Å². The smallest absolute Gasteiger partial charge is 0.306 e. The van der Waals surface area contributed by atoms with Crippen LogP contribution in [0.3, 0.4) is 0 Å². The first-order valence-corrected chi connectivity index (χ1v) is 8.53. The molecule has 1 heterocycles. The third-order valence-corrected chi connectivity index (χ3v) is 4.41. The Labute approximate surface area is 167 Å². The lowest BCUT2D eigenvalue weighted by atomic mass is 10.2. The molecule has 0 atom stereocenters. The van der Waals surface area contributed by atoms with Gasteiger partial charge in [0.2, 0.25) is 5.82 Å². The molecule has 0 spiro atoms. The molecule has 0 bridgehead atoms. The first-order valence-electron chi connectivity index (χ1n) is 8.15. The van der Waals surface area contributed by atoms with Crippen molar-refractivity contribution < 1.29 is 18.5 Å². The number of benzene rings is 2. The van der Waals surface area contributed by atoms with Gasteiger partial charge in [-0.25, -0.2) is 4.39 Å². The van der Waals surface area contributed by atoms with Crippen LogP contribution in [0, 0.1) is 21.7 Å². The number of anilines is 1. The van der Waals surface area contributed by atoms with Crippen molar-refractivity contribution in [3.63, 3.8) is 0 Å². The number of nitro groups is 1. The van der Waals surface area contributed by atoms with Gasteiger partial charge < -0.3 is 9.88 Å². The van der Waals surface area contributed by atoms with Crippen LogP contribution in [0.4, 0.5) is 20.2 Å². The highest BCUT2D eigenvalue weighted by Gasteiger charge is 2.18. The number of nitro benzene ring substituents is 1. The van der Waals surface area contributed by atoms with Crippen molar-refractivity contribution >= 4 is 28.9 Å². The molecule has 0 fully saturated rings. The second kappa shape index (κ2) is 8.19. The minimum absolute atomic E-state index is 0.0601. The molecule has 0 saturated heterocycles. The van der Waals surface area contributed by atoms with Gasteiger partial charge in [-0.3, -0.25) is 19.7 Å². The predicted molar refractivity (Wildman–Crippen MR) is 102 cm³/mol. The first-order chi connectivity index (χ1) is 13.8. The van der Waals surface area contributed by atoms with Gasteiger partial charge in [-0.1, -0.05) is 17.7 Å². The van der Waals surface area contributed by atoms with Crippen LogP contribution in [-0.4, -0.2) is 15.4 Å². The summed E-state index contributed by atoms with van der Waals surface area (Å²) in [5.41, 5.74) is -1.80. The van der Waals surface area contributed by atoms with Crippen molar-refractivity contribution in [2.45, 2.75) is 6.54 Å². The fraction of sp³-hybridized carbons (Fsp3) is 0.0526. The van der Waals surface area contributed by atoms with Gasteiger partial charge >= 0.3 is 5.69 Å². The third kappa shape index (κ3) is 4.30. The molecule has 0 aliphatic heterocycles. The highest BCUT2D eigenvalue weighted by molar-refractivity contribution is 6.31. The number of hydrogen-bond acceptors (Lipinski definition) is 4. The van der Waals surface area contributed by atoms with Crippen LogP contribution in [0.25, 0.3) is 0 Å². The fourth-order valence-electron chi connectivity index (χ4n) is 2.62.